The second kappa shape index (κ2) is 11.3. The van der Waals surface area contributed by atoms with E-state index in [9.17, 15) is 22.8 Å². The van der Waals surface area contributed by atoms with Crippen molar-refractivity contribution >= 4 is 51.9 Å². The lowest BCUT2D eigenvalue weighted by Crippen LogP contribution is -2.48. The van der Waals surface area contributed by atoms with Crippen molar-refractivity contribution in [1.29, 1.82) is 0 Å². The summed E-state index contributed by atoms with van der Waals surface area (Å²) in [7, 11) is 0. The molecule has 5 nitrogen and oxygen atoms in total. The molecule has 0 radical (unpaired) electrons. The number of nitrogens with one attached hydrogen (secondary N) is 2. The fourth-order valence-corrected chi connectivity index (χ4v) is 6.15. The Labute approximate surface area is 214 Å². The number of carbonyl (C=O) groups excluding carboxylic acids is 2. The highest BCUT2D eigenvalue weighted by atomic mass is 127. The molecule has 2 amide bonds. The zero-order valence-corrected chi connectivity index (χ0v) is 21.4. The van der Waals surface area contributed by atoms with Crippen LogP contribution in [0.4, 0.5) is 18.9 Å². The molecule has 2 N–H and O–H groups in total. The molecule has 2 aromatic carbocycles. The van der Waals surface area contributed by atoms with Gasteiger partial charge in [-0.3, -0.25) is 9.59 Å². The normalized spacial score (nSPS) is 20.8. The van der Waals surface area contributed by atoms with E-state index in [1.54, 1.807) is 22.6 Å². The number of amides is 2. The van der Waals surface area contributed by atoms with Gasteiger partial charge in [-0.1, -0.05) is 0 Å². The van der Waals surface area contributed by atoms with Crippen molar-refractivity contribution < 1.29 is 22.8 Å². The fraction of sp³-hybridized carbons (Fsp3) is 0.417. The minimum atomic E-state index is -1.05. The van der Waals surface area contributed by atoms with Crippen molar-refractivity contribution in [3.05, 3.63) is 56.9 Å². The maximum Gasteiger partial charge on any atom is 0.255 e. The second-order valence-electron chi connectivity index (χ2n) is 8.52. The van der Waals surface area contributed by atoms with E-state index in [0.717, 1.165) is 57.9 Å². The van der Waals surface area contributed by atoms with Crippen LogP contribution in [0.5, 0.6) is 0 Å². The summed E-state index contributed by atoms with van der Waals surface area (Å²) in [4.78, 5) is 27.7. The summed E-state index contributed by atoms with van der Waals surface area (Å²) in [5.74, 6) is -2.72. The van der Waals surface area contributed by atoms with Crippen molar-refractivity contribution in [1.82, 2.24) is 10.2 Å². The molecule has 34 heavy (non-hydrogen) atoms. The minimum Gasteiger partial charge on any atom is -0.340 e. The predicted octanol–water partition coefficient (Wildman–Crippen LogP) is 5.04. The zero-order chi connectivity index (χ0) is 24.2. The number of rotatable bonds is 5. The number of piperazine rings is 1. The van der Waals surface area contributed by atoms with E-state index in [1.165, 1.54) is 36.0 Å². The number of hydrogen-bond acceptors (Lipinski definition) is 4. The molecule has 2 fully saturated rings. The third-order valence-electron chi connectivity index (χ3n) is 6.18. The van der Waals surface area contributed by atoms with E-state index in [2.05, 4.69) is 10.6 Å². The molecule has 1 saturated carbocycles. The van der Waals surface area contributed by atoms with Crippen molar-refractivity contribution in [2.45, 2.75) is 35.8 Å². The smallest absolute Gasteiger partial charge is 0.255 e. The monoisotopic (exact) mass is 603 g/mol. The van der Waals surface area contributed by atoms with Crippen LogP contribution in [0.3, 0.4) is 0 Å². The summed E-state index contributed by atoms with van der Waals surface area (Å²) in [5, 5.41) is 5.95. The second-order valence-corrected chi connectivity index (χ2v) is 11.0. The molecule has 0 bridgehead atoms. The first-order valence-corrected chi connectivity index (χ1v) is 13.2. The molecule has 1 aliphatic heterocycles. The molecule has 10 heteroatoms. The Balaban J connectivity index is 1.36. The highest BCUT2D eigenvalue weighted by Gasteiger charge is 2.30. The third-order valence-corrected chi connectivity index (χ3v) is 8.34. The topological polar surface area (TPSA) is 61.4 Å². The highest BCUT2D eigenvalue weighted by molar-refractivity contribution is 14.1. The van der Waals surface area contributed by atoms with E-state index in [4.69, 9.17) is 0 Å². The van der Waals surface area contributed by atoms with Crippen LogP contribution in [0.15, 0.2) is 35.2 Å². The summed E-state index contributed by atoms with van der Waals surface area (Å²) in [6, 6.07) is 6.33. The van der Waals surface area contributed by atoms with Crippen molar-refractivity contribution in [2.75, 3.05) is 31.5 Å². The number of halogens is 4. The molecular weight excluding hydrogens is 578 g/mol. The zero-order valence-electron chi connectivity index (χ0n) is 18.4. The van der Waals surface area contributed by atoms with E-state index >= 15 is 0 Å². The maximum absolute atomic E-state index is 14.5. The van der Waals surface area contributed by atoms with Crippen LogP contribution in [-0.4, -0.2) is 48.1 Å². The van der Waals surface area contributed by atoms with Crippen LogP contribution >= 0.6 is 34.4 Å². The molecule has 2 aromatic rings. The number of carbonyl (C=O) groups is 2. The third kappa shape index (κ3) is 6.06. The average molecular weight is 603 g/mol. The van der Waals surface area contributed by atoms with Gasteiger partial charge in [-0.05, 0) is 72.5 Å². The fourth-order valence-electron chi connectivity index (χ4n) is 4.32. The van der Waals surface area contributed by atoms with Gasteiger partial charge in [0.15, 0.2) is 11.6 Å². The van der Waals surface area contributed by atoms with Crippen molar-refractivity contribution in [2.24, 2.45) is 5.92 Å². The van der Waals surface area contributed by atoms with Gasteiger partial charge in [0.25, 0.3) is 5.91 Å². The van der Waals surface area contributed by atoms with Crippen molar-refractivity contribution in [3.63, 3.8) is 0 Å². The Bertz CT molecular complexity index is 1050. The van der Waals surface area contributed by atoms with E-state index < -0.39 is 23.4 Å². The Morgan fingerprint density at radius 1 is 1.00 bits per heavy atom. The Kier molecular flexibility index (Phi) is 8.41. The number of nitrogens with zero attached hydrogens (tertiary/aromatic N) is 1. The van der Waals surface area contributed by atoms with E-state index in [-0.39, 0.29) is 31.9 Å². The van der Waals surface area contributed by atoms with Crippen LogP contribution in [0.25, 0.3) is 0 Å². The van der Waals surface area contributed by atoms with Gasteiger partial charge in [-0.15, -0.1) is 11.8 Å². The van der Waals surface area contributed by atoms with Crippen molar-refractivity contribution in [3.8, 4) is 0 Å². The predicted molar refractivity (Wildman–Crippen MR) is 134 cm³/mol. The Hall–Kier alpha value is -1.79. The molecule has 2 aliphatic rings. The molecular formula is C24H25F3IN3O2S. The summed E-state index contributed by atoms with van der Waals surface area (Å²) in [6.45, 7) is 3.15. The molecule has 1 aliphatic carbocycles. The van der Waals surface area contributed by atoms with Crippen LogP contribution in [-0.2, 0) is 4.79 Å². The number of thioether (sulfide) groups is 1. The molecule has 0 aromatic heterocycles. The van der Waals surface area contributed by atoms with E-state index in [1.807, 2.05) is 4.90 Å². The highest BCUT2D eigenvalue weighted by Crippen LogP contribution is 2.38. The van der Waals surface area contributed by atoms with Gasteiger partial charge in [-0.2, -0.15) is 0 Å². The number of benzene rings is 2. The largest absolute Gasteiger partial charge is 0.340 e. The summed E-state index contributed by atoms with van der Waals surface area (Å²) in [5.41, 5.74) is 0.352. The van der Waals surface area contributed by atoms with Gasteiger partial charge in [-0.25, -0.2) is 13.2 Å². The molecule has 1 saturated heterocycles. The number of anilines is 1. The van der Waals surface area contributed by atoms with Gasteiger partial charge in [0, 0.05) is 59.6 Å². The first kappa shape index (κ1) is 25.3. The summed E-state index contributed by atoms with van der Waals surface area (Å²) >= 11 is 3.03. The van der Waals surface area contributed by atoms with Gasteiger partial charge >= 0.3 is 0 Å². The molecule has 4 rings (SSSR count). The molecule has 0 atom stereocenters. The lowest BCUT2D eigenvalue weighted by atomic mass is 9.87. The number of hydrogen-bond donors (Lipinski definition) is 2. The summed E-state index contributed by atoms with van der Waals surface area (Å²) in [6.07, 6.45) is 3.15. The first-order chi connectivity index (χ1) is 16.3. The Morgan fingerprint density at radius 3 is 2.38 bits per heavy atom. The quantitative estimate of drug-likeness (QED) is 0.372. The molecule has 182 valence electrons. The van der Waals surface area contributed by atoms with Gasteiger partial charge in [0.1, 0.15) is 5.82 Å². The van der Waals surface area contributed by atoms with Crippen LogP contribution < -0.4 is 10.6 Å². The maximum atomic E-state index is 14.5. The van der Waals surface area contributed by atoms with E-state index in [0.29, 0.717) is 4.90 Å². The summed E-state index contributed by atoms with van der Waals surface area (Å²) < 4.78 is 41.7. The Morgan fingerprint density at radius 2 is 1.71 bits per heavy atom. The average Bonchev–Trinajstić information content (AvgIpc) is 2.84. The molecule has 0 spiro atoms. The van der Waals surface area contributed by atoms with Gasteiger partial charge in [0.2, 0.25) is 5.91 Å². The van der Waals surface area contributed by atoms with Gasteiger partial charge < -0.3 is 15.5 Å². The lowest BCUT2D eigenvalue weighted by Gasteiger charge is -2.34. The molecule has 1 heterocycles. The SMILES string of the molecule is O=C(Nc1cc(F)c(F)c(I)c1)c1ccc(F)c(SC2CCC(C(=O)N3CCNCC3)CC2)c1. The van der Waals surface area contributed by atoms with Crippen LogP contribution in [0.1, 0.15) is 36.0 Å². The molecule has 0 unspecified atom stereocenters. The first-order valence-electron chi connectivity index (χ1n) is 11.2. The van der Waals surface area contributed by atoms with Crippen LogP contribution in [0.2, 0.25) is 0 Å². The minimum absolute atomic E-state index is 0.0239. The van der Waals surface area contributed by atoms with Gasteiger partial charge in [0.05, 0.1) is 3.57 Å². The van der Waals surface area contributed by atoms with Crippen LogP contribution in [0, 0.1) is 26.9 Å². The standard InChI is InChI=1S/C24H25F3IN3O2S/c25-18-6-3-15(23(32)30-16-12-19(26)22(27)20(28)13-16)11-21(18)34-17-4-1-14(2-5-17)24(33)31-9-7-29-8-10-31/h3,6,11-14,17,29H,1-2,4-5,7-10H2,(H,30,32). The lowest BCUT2D eigenvalue weighted by molar-refractivity contribution is -0.137.